The first kappa shape index (κ1) is 16.3. The van der Waals surface area contributed by atoms with Crippen molar-refractivity contribution in [2.75, 3.05) is 22.9 Å². The number of hydrogen-bond acceptors (Lipinski definition) is 5. The van der Waals surface area contributed by atoms with Gasteiger partial charge in [-0.05, 0) is 34.5 Å². The Balaban J connectivity index is 1.61. The number of rotatable bonds is 4. The maximum atomic E-state index is 12.8. The molecule has 2 aromatic carbocycles. The number of carbonyl (C=O) groups excluding carboxylic acids is 1. The van der Waals surface area contributed by atoms with Crippen LogP contribution in [0.15, 0.2) is 60.9 Å². The fourth-order valence-corrected chi connectivity index (χ4v) is 3.32. The van der Waals surface area contributed by atoms with Gasteiger partial charge in [-0.15, -0.1) is 5.10 Å². The van der Waals surface area contributed by atoms with Gasteiger partial charge in [0, 0.05) is 19.6 Å². The Morgan fingerprint density at radius 3 is 2.50 bits per heavy atom. The maximum absolute atomic E-state index is 12.8. The lowest BCUT2D eigenvalue weighted by Gasteiger charge is -2.26. The molecule has 0 fully saturated rings. The van der Waals surface area contributed by atoms with E-state index in [0.29, 0.717) is 6.54 Å². The zero-order chi connectivity index (χ0) is 17.8. The number of amides is 1. The molecule has 3 aromatic rings. The first-order valence-electron chi connectivity index (χ1n) is 8.70. The molecular weight excluding hydrogens is 328 g/mol. The molecule has 0 unspecified atom stereocenters. The van der Waals surface area contributed by atoms with Gasteiger partial charge in [-0.25, -0.2) is 4.68 Å². The Morgan fingerprint density at radius 2 is 1.73 bits per heavy atom. The molecule has 0 radical (unpaired) electrons. The van der Waals surface area contributed by atoms with Crippen LogP contribution >= 0.6 is 0 Å². The highest BCUT2D eigenvalue weighted by Crippen LogP contribution is 2.33. The second-order valence-electron chi connectivity index (χ2n) is 6.30. The van der Waals surface area contributed by atoms with Crippen molar-refractivity contribution in [1.29, 1.82) is 0 Å². The normalized spacial score (nSPS) is 14.0. The summed E-state index contributed by atoms with van der Waals surface area (Å²) in [5, 5.41) is 11.0. The van der Waals surface area contributed by atoms with Crippen LogP contribution in [0.5, 0.6) is 0 Å². The van der Waals surface area contributed by atoms with Crippen LogP contribution in [0.3, 0.4) is 0 Å². The van der Waals surface area contributed by atoms with Gasteiger partial charge in [-0.2, -0.15) is 0 Å². The second-order valence-corrected chi connectivity index (χ2v) is 6.30. The first-order chi connectivity index (χ1) is 12.8. The summed E-state index contributed by atoms with van der Waals surface area (Å²) in [6.45, 7) is 2.55. The van der Waals surface area contributed by atoms with Crippen molar-refractivity contribution in [2.24, 2.45) is 0 Å². The standard InChI is InChI=1S/C19H20N6O/c26-19(14-24-15-20-21-22-24)25-12-6-11-23(13-16-7-2-1-3-8-16)17-9-4-5-10-18(17)25/h1-5,7-10,15H,6,11-14H2. The number of hydrogen-bond donors (Lipinski definition) is 0. The average Bonchev–Trinajstić information content (AvgIpc) is 3.11. The molecule has 132 valence electrons. The molecule has 2 heterocycles. The topological polar surface area (TPSA) is 67.2 Å². The van der Waals surface area contributed by atoms with Crippen molar-refractivity contribution in [2.45, 2.75) is 19.5 Å². The number of benzene rings is 2. The van der Waals surface area contributed by atoms with E-state index in [4.69, 9.17) is 0 Å². The summed E-state index contributed by atoms with van der Waals surface area (Å²) in [6, 6.07) is 18.5. The molecule has 1 amide bonds. The summed E-state index contributed by atoms with van der Waals surface area (Å²) in [5.74, 6) is -0.00805. The maximum Gasteiger partial charge on any atom is 0.248 e. The van der Waals surface area contributed by atoms with Gasteiger partial charge in [0.25, 0.3) is 0 Å². The van der Waals surface area contributed by atoms with Gasteiger partial charge >= 0.3 is 0 Å². The minimum absolute atomic E-state index is 0.00805. The molecule has 1 aliphatic heterocycles. The zero-order valence-corrected chi connectivity index (χ0v) is 14.4. The van der Waals surface area contributed by atoms with Crippen LogP contribution in [0.25, 0.3) is 0 Å². The van der Waals surface area contributed by atoms with Crippen LogP contribution in [0.4, 0.5) is 11.4 Å². The molecule has 4 rings (SSSR count). The van der Waals surface area contributed by atoms with Crippen LogP contribution in [0, 0.1) is 0 Å². The number of carbonyl (C=O) groups is 1. The Bertz CT molecular complexity index is 865. The van der Waals surface area contributed by atoms with Gasteiger partial charge in [0.15, 0.2) is 0 Å². The Morgan fingerprint density at radius 1 is 0.962 bits per heavy atom. The minimum atomic E-state index is -0.00805. The third-order valence-corrected chi connectivity index (χ3v) is 4.53. The van der Waals surface area contributed by atoms with Crippen molar-refractivity contribution in [1.82, 2.24) is 20.2 Å². The zero-order valence-electron chi connectivity index (χ0n) is 14.4. The summed E-state index contributed by atoms with van der Waals surface area (Å²) in [7, 11) is 0. The van der Waals surface area contributed by atoms with E-state index in [9.17, 15) is 4.79 Å². The predicted molar refractivity (Wildman–Crippen MR) is 98.7 cm³/mol. The Labute approximate surface area is 151 Å². The van der Waals surface area contributed by atoms with E-state index in [2.05, 4.69) is 50.8 Å². The molecule has 0 atom stereocenters. The summed E-state index contributed by atoms with van der Waals surface area (Å²) in [6.07, 6.45) is 2.37. The Kier molecular flexibility index (Phi) is 4.59. The molecule has 0 aliphatic carbocycles. The lowest BCUT2D eigenvalue weighted by molar-refractivity contribution is -0.119. The van der Waals surface area contributed by atoms with Gasteiger partial charge in [-0.3, -0.25) is 4.79 Å². The van der Waals surface area contributed by atoms with Gasteiger partial charge in [0.1, 0.15) is 12.9 Å². The van der Waals surface area contributed by atoms with Crippen LogP contribution in [0.2, 0.25) is 0 Å². The van der Waals surface area contributed by atoms with Crippen LogP contribution in [0.1, 0.15) is 12.0 Å². The Hall–Kier alpha value is -3.22. The third kappa shape index (κ3) is 3.42. The summed E-state index contributed by atoms with van der Waals surface area (Å²) in [5.41, 5.74) is 3.29. The molecular formula is C19H20N6O. The van der Waals surface area contributed by atoms with Crippen molar-refractivity contribution >= 4 is 17.3 Å². The number of para-hydroxylation sites is 2. The molecule has 26 heavy (non-hydrogen) atoms. The lowest BCUT2D eigenvalue weighted by atomic mass is 10.1. The van der Waals surface area contributed by atoms with Crippen LogP contribution in [-0.4, -0.2) is 39.2 Å². The fourth-order valence-electron chi connectivity index (χ4n) is 3.32. The van der Waals surface area contributed by atoms with E-state index in [1.807, 2.05) is 29.2 Å². The molecule has 7 heteroatoms. The smallest absolute Gasteiger partial charge is 0.248 e. The van der Waals surface area contributed by atoms with Crippen molar-refractivity contribution in [3.05, 3.63) is 66.5 Å². The quantitative estimate of drug-likeness (QED) is 0.722. The average molecular weight is 348 g/mol. The van der Waals surface area contributed by atoms with Gasteiger partial charge in [0.2, 0.25) is 5.91 Å². The minimum Gasteiger partial charge on any atom is -0.365 e. The molecule has 0 bridgehead atoms. The predicted octanol–water partition coefficient (Wildman–Crippen LogP) is 2.12. The van der Waals surface area contributed by atoms with Gasteiger partial charge in [-0.1, -0.05) is 42.5 Å². The highest BCUT2D eigenvalue weighted by atomic mass is 16.2. The number of nitrogens with zero attached hydrogens (tertiary/aromatic N) is 6. The largest absolute Gasteiger partial charge is 0.365 e. The van der Waals surface area contributed by atoms with Crippen molar-refractivity contribution in [3.8, 4) is 0 Å². The number of tetrazole rings is 1. The van der Waals surface area contributed by atoms with Crippen molar-refractivity contribution in [3.63, 3.8) is 0 Å². The fraction of sp³-hybridized carbons (Fsp3) is 0.263. The number of aromatic nitrogens is 4. The van der Waals surface area contributed by atoms with Gasteiger partial charge < -0.3 is 9.80 Å². The first-order valence-corrected chi connectivity index (χ1v) is 8.70. The summed E-state index contributed by atoms with van der Waals surface area (Å²) >= 11 is 0. The second kappa shape index (κ2) is 7.35. The highest BCUT2D eigenvalue weighted by Gasteiger charge is 2.24. The summed E-state index contributed by atoms with van der Waals surface area (Å²) in [4.78, 5) is 17.0. The number of anilines is 2. The molecule has 1 aliphatic rings. The molecule has 1 aromatic heterocycles. The van der Waals surface area contributed by atoms with Crippen molar-refractivity contribution < 1.29 is 4.79 Å². The van der Waals surface area contributed by atoms with E-state index in [1.54, 1.807) is 0 Å². The van der Waals surface area contributed by atoms with E-state index in [0.717, 1.165) is 30.9 Å². The third-order valence-electron chi connectivity index (χ3n) is 4.53. The molecule has 0 saturated carbocycles. The van der Waals surface area contributed by atoms with Gasteiger partial charge in [0.05, 0.1) is 11.4 Å². The van der Waals surface area contributed by atoms with E-state index in [-0.39, 0.29) is 12.5 Å². The lowest BCUT2D eigenvalue weighted by Crippen LogP contribution is -2.34. The SMILES string of the molecule is O=C(Cn1cnnn1)N1CCCN(Cc2ccccc2)c2ccccc21. The molecule has 0 saturated heterocycles. The van der Waals surface area contributed by atoms with E-state index in [1.165, 1.54) is 16.6 Å². The molecule has 0 spiro atoms. The van der Waals surface area contributed by atoms with E-state index >= 15 is 0 Å². The molecule has 7 nitrogen and oxygen atoms in total. The van der Waals surface area contributed by atoms with Crippen LogP contribution < -0.4 is 9.80 Å². The van der Waals surface area contributed by atoms with E-state index < -0.39 is 0 Å². The summed E-state index contributed by atoms with van der Waals surface area (Å²) < 4.78 is 1.46. The monoisotopic (exact) mass is 348 g/mol. The molecule has 0 N–H and O–H groups in total. The number of fused-ring (bicyclic) bond motifs is 1. The highest BCUT2D eigenvalue weighted by molar-refractivity contribution is 5.97. The van der Waals surface area contributed by atoms with Crippen LogP contribution in [-0.2, 0) is 17.9 Å².